The fraction of sp³-hybridized carbons (Fsp3) is 0.474. The first kappa shape index (κ1) is 22.8. The average molecular weight is 457 g/mol. The van der Waals surface area contributed by atoms with Crippen LogP contribution in [0.4, 0.5) is 0 Å². The molecule has 0 atom stereocenters. The summed E-state index contributed by atoms with van der Waals surface area (Å²) in [6.45, 7) is 6.15. The molecule has 1 saturated carbocycles. The third-order valence-electron chi connectivity index (χ3n) is 3.06. The maximum absolute atomic E-state index is 8.03. The van der Waals surface area contributed by atoms with Crippen LogP contribution < -0.4 is 0 Å². The summed E-state index contributed by atoms with van der Waals surface area (Å²) >= 11 is 0. The van der Waals surface area contributed by atoms with Crippen molar-refractivity contribution in [1.29, 1.82) is 0 Å². The number of rotatable bonds is 2. The second-order valence-corrected chi connectivity index (χ2v) is 5.17. The zero-order valence-corrected chi connectivity index (χ0v) is 18.0. The van der Waals surface area contributed by atoms with E-state index in [9.17, 15) is 0 Å². The standard InChI is InChI=1S/C6H11.C5H5N.2C4H8N2O2.Co/c2*1-2-4-6-5-3-1;2*1-3(5-7)4(2)6-8;/h1H,2-6H2;1-5H;2*7-8H,1-2H3;/q-1;;;;/b;;2*5-3+,6-4+;/i2D2,3D2;;;;. The van der Waals surface area contributed by atoms with Gasteiger partial charge < -0.3 is 27.2 Å². The van der Waals surface area contributed by atoms with Crippen LogP contribution in [0.5, 0.6) is 0 Å². The third-order valence-corrected chi connectivity index (χ3v) is 3.06. The fourth-order valence-electron chi connectivity index (χ4n) is 1.11. The maximum Gasteiger partial charge on any atom is 0.101 e. The Balaban J connectivity index is -0.000000365. The Bertz CT molecular complexity index is 659. The Morgan fingerprint density at radius 1 is 0.724 bits per heavy atom. The first-order valence-corrected chi connectivity index (χ1v) is 8.33. The topological polar surface area (TPSA) is 143 Å². The van der Waals surface area contributed by atoms with E-state index in [1.54, 1.807) is 12.4 Å². The Kier molecular flexibility index (Phi) is 18.6. The van der Waals surface area contributed by atoms with Crippen LogP contribution in [0.15, 0.2) is 51.2 Å². The minimum absolute atomic E-state index is 0. The molecule has 0 aromatic carbocycles. The van der Waals surface area contributed by atoms with E-state index in [0.717, 1.165) is 0 Å². The molecule has 1 fully saturated rings. The summed E-state index contributed by atoms with van der Waals surface area (Å²) in [5.41, 5.74) is 1.25. The van der Waals surface area contributed by atoms with Gasteiger partial charge in [0, 0.05) is 29.2 Å². The van der Waals surface area contributed by atoms with Gasteiger partial charge in [-0.1, -0.05) is 46.0 Å². The molecule has 0 unspecified atom stereocenters. The molecule has 0 bridgehead atoms. The van der Waals surface area contributed by atoms with Gasteiger partial charge in [0.1, 0.15) is 22.8 Å². The van der Waals surface area contributed by atoms with Crippen LogP contribution in [-0.4, -0.2) is 48.7 Å². The molecule has 2 rings (SSSR count). The van der Waals surface area contributed by atoms with Crippen molar-refractivity contribution in [3.63, 3.8) is 0 Å². The Hall–Kier alpha value is -2.46. The van der Waals surface area contributed by atoms with Crippen LogP contribution in [0.25, 0.3) is 0 Å². The molecule has 0 amide bonds. The Morgan fingerprint density at radius 3 is 1.21 bits per heavy atom. The van der Waals surface area contributed by atoms with Gasteiger partial charge in [0.15, 0.2) is 0 Å². The molecular weight excluding hydrogens is 421 g/mol. The SMILES string of the molecule is CC(=N\O)/C(C)=N/O.CC(=N\O)/C(C)=N/O.[2H]C1([2H])[CH-]C([2H])([2H])CCC1.[Co].c1ccncc1. The summed E-state index contributed by atoms with van der Waals surface area (Å²) in [5, 5.41) is 43.3. The van der Waals surface area contributed by atoms with Crippen molar-refractivity contribution in [2.45, 2.75) is 59.7 Å². The molecule has 1 aliphatic rings. The van der Waals surface area contributed by atoms with E-state index < -0.39 is 12.7 Å². The second kappa shape index (κ2) is 23.6. The van der Waals surface area contributed by atoms with Crippen molar-refractivity contribution >= 4 is 22.8 Å². The summed E-state index contributed by atoms with van der Waals surface area (Å²) in [6.07, 6.45) is 3.49. The Morgan fingerprint density at radius 2 is 1.07 bits per heavy atom. The second-order valence-electron chi connectivity index (χ2n) is 5.17. The number of hydrogen-bond donors (Lipinski definition) is 4. The van der Waals surface area contributed by atoms with E-state index in [4.69, 9.17) is 26.3 Å². The van der Waals surface area contributed by atoms with E-state index in [1.165, 1.54) is 34.1 Å². The molecule has 1 radical (unpaired) electrons. The first-order valence-electron chi connectivity index (χ1n) is 10.3. The van der Waals surface area contributed by atoms with Crippen LogP contribution in [0.3, 0.4) is 0 Å². The average Bonchev–Trinajstić information content (AvgIpc) is 2.77. The number of pyridine rings is 1. The van der Waals surface area contributed by atoms with Gasteiger partial charge in [0.05, 0.1) is 0 Å². The van der Waals surface area contributed by atoms with Crippen molar-refractivity contribution < 1.29 is 43.1 Å². The van der Waals surface area contributed by atoms with E-state index >= 15 is 0 Å². The van der Waals surface area contributed by atoms with Crippen LogP contribution in [0, 0.1) is 6.42 Å². The van der Waals surface area contributed by atoms with Gasteiger partial charge in [0.25, 0.3) is 0 Å². The molecule has 1 aliphatic carbocycles. The molecule has 4 N–H and O–H groups in total. The number of nitrogens with zero attached hydrogens (tertiary/aromatic N) is 5. The van der Waals surface area contributed by atoms with E-state index in [-0.39, 0.29) is 16.8 Å². The molecule has 1 aromatic rings. The van der Waals surface area contributed by atoms with Crippen molar-refractivity contribution in [3.8, 4) is 0 Å². The first-order chi connectivity index (χ1) is 14.9. The molecule has 1 heterocycles. The molecule has 1 aromatic heterocycles. The normalized spacial score (nSPS) is 20.0. The predicted octanol–water partition coefficient (Wildman–Crippen LogP) is 4.61. The van der Waals surface area contributed by atoms with Gasteiger partial charge in [-0.05, 0) is 45.3 Å². The van der Waals surface area contributed by atoms with Crippen LogP contribution >= 0.6 is 0 Å². The summed E-state index contributed by atoms with van der Waals surface area (Å²) < 4.78 is 29.0. The molecule has 29 heavy (non-hydrogen) atoms. The maximum atomic E-state index is 8.03. The molecule has 167 valence electrons. The minimum Gasteiger partial charge on any atom is -0.411 e. The quantitative estimate of drug-likeness (QED) is 0.222. The smallest absolute Gasteiger partial charge is 0.101 e. The molecular formula is C19H32CoN5O4-. The van der Waals surface area contributed by atoms with Crippen molar-refractivity contribution in [2.75, 3.05) is 0 Å². The molecule has 0 saturated heterocycles. The molecule has 10 heteroatoms. The van der Waals surface area contributed by atoms with Gasteiger partial charge in [0.2, 0.25) is 0 Å². The zero-order chi connectivity index (χ0) is 25.2. The molecule has 0 aliphatic heterocycles. The van der Waals surface area contributed by atoms with Crippen molar-refractivity contribution in [1.82, 2.24) is 4.98 Å². The fourth-order valence-corrected chi connectivity index (χ4v) is 1.11. The van der Waals surface area contributed by atoms with Crippen LogP contribution in [0.2, 0.25) is 0 Å². The number of hydrogen-bond acceptors (Lipinski definition) is 9. The summed E-state index contributed by atoms with van der Waals surface area (Å²) in [5.74, 6) is 0. The predicted molar refractivity (Wildman–Crippen MR) is 111 cm³/mol. The van der Waals surface area contributed by atoms with E-state index in [1.807, 2.05) is 18.2 Å². The largest absolute Gasteiger partial charge is 0.411 e. The van der Waals surface area contributed by atoms with Gasteiger partial charge >= 0.3 is 0 Å². The summed E-state index contributed by atoms with van der Waals surface area (Å²) in [7, 11) is 0. The minimum atomic E-state index is -1.39. The summed E-state index contributed by atoms with van der Waals surface area (Å²) in [6, 6.07) is 5.72. The van der Waals surface area contributed by atoms with E-state index in [0.29, 0.717) is 42.1 Å². The zero-order valence-electron chi connectivity index (χ0n) is 20.9. The van der Waals surface area contributed by atoms with Crippen molar-refractivity contribution in [2.24, 2.45) is 20.6 Å². The van der Waals surface area contributed by atoms with Gasteiger partial charge in [-0.15, -0.1) is 0 Å². The number of aromatic nitrogens is 1. The summed E-state index contributed by atoms with van der Waals surface area (Å²) in [4.78, 5) is 3.78. The van der Waals surface area contributed by atoms with Gasteiger partial charge in [-0.3, -0.25) is 4.98 Å². The van der Waals surface area contributed by atoms with E-state index in [2.05, 4.69) is 25.6 Å². The molecule has 9 nitrogen and oxygen atoms in total. The monoisotopic (exact) mass is 457 g/mol. The van der Waals surface area contributed by atoms with Crippen molar-refractivity contribution in [3.05, 3.63) is 37.0 Å². The van der Waals surface area contributed by atoms with Gasteiger partial charge in [-0.25, -0.2) is 0 Å². The van der Waals surface area contributed by atoms with Crippen LogP contribution in [0.1, 0.15) is 65.2 Å². The number of oxime groups is 4. The molecule has 0 spiro atoms. The third kappa shape index (κ3) is 21.7. The van der Waals surface area contributed by atoms with Gasteiger partial charge in [-0.2, -0.15) is 12.7 Å². The van der Waals surface area contributed by atoms with Crippen LogP contribution in [-0.2, 0) is 16.8 Å². The Labute approximate surface area is 188 Å².